The van der Waals surface area contributed by atoms with Gasteiger partial charge >= 0.3 is 0 Å². The van der Waals surface area contributed by atoms with E-state index in [1.807, 2.05) is 30.3 Å². The molecule has 0 aliphatic heterocycles. The Hall–Kier alpha value is -2.60. The van der Waals surface area contributed by atoms with Gasteiger partial charge in [-0.2, -0.15) is 0 Å². The first-order valence-electron chi connectivity index (χ1n) is 6.44. The number of ether oxygens (including phenoxy) is 1. The quantitative estimate of drug-likeness (QED) is 0.577. The number of aromatic nitrogens is 3. The number of rotatable bonds is 2. The summed E-state index contributed by atoms with van der Waals surface area (Å²) in [6.07, 6.45) is 0. The number of nitrogens with zero attached hydrogens (tertiary/aromatic N) is 3. The van der Waals surface area contributed by atoms with Gasteiger partial charge in [0.15, 0.2) is 5.82 Å². The molecule has 2 aromatic carbocycles. The van der Waals surface area contributed by atoms with E-state index in [4.69, 9.17) is 10.5 Å². The molecule has 0 aliphatic rings. The van der Waals surface area contributed by atoms with Crippen molar-refractivity contribution in [2.45, 2.75) is 0 Å². The highest BCUT2D eigenvalue weighted by Gasteiger charge is 2.14. The molecule has 0 atom stereocenters. The van der Waals surface area contributed by atoms with Crippen molar-refractivity contribution in [3.63, 3.8) is 0 Å². The standard InChI is InChI=1S/C15H12N4OS/c1-20-12-7-6-9(8-10(12)16)14-17-18-15-19(14)11-4-2-3-5-13(11)21-15/h2-8H,16H2,1H3. The van der Waals surface area contributed by atoms with Gasteiger partial charge in [0.05, 0.1) is 23.0 Å². The minimum absolute atomic E-state index is 0.589. The fourth-order valence-corrected chi connectivity index (χ4v) is 3.41. The van der Waals surface area contributed by atoms with Gasteiger partial charge in [-0.15, -0.1) is 10.2 Å². The molecule has 2 N–H and O–H groups in total. The molecule has 0 saturated carbocycles. The summed E-state index contributed by atoms with van der Waals surface area (Å²) in [4.78, 5) is 0.876. The Labute approximate surface area is 124 Å². The smallest absolute Gasteiger partial charge is 0.217 e. The second kappa shape index (κ2) is 4.46. The van der Waals surface area contributed by atoms with Gasteiger partial charge in [-0.1, -0.05) is 23.5 Å². The molecular weight excluding hydrogens is 284 g/mol. The zero-order valence-corrected chi connectivity index (χ0v) is 12.1. The maximum Gasteiger partial charge on any atom is 0.217 e. The zero-order valence-electron chi connectivity index (χ0n) is 11.3. The van der Waals surface area contributed by atoms with Crippen molar-refractivity contribution < 1.29 is 4.74 Å². The average molecular weight is 296 g/mol. The van der Waals surface area contributed by atoms with Crippen LogP contribution < -0.4 is 10.5 Å². The first-order chi connectivity index (χ1) is 10.3. The Balaban J connectivity index is 2.00. The van der Waals surface area contributed by atoms with Crippen molar-refractivity contribution in [3.05, 3.63) is 42.5 Å². The molecular formula is C15H12N4OS. The molecule has 0 fully saturated rings. The van der Waals surface area contributed by atoms with Crippen LogP contribution in [0.15, 0.2) is 42.5 Å². The molecule has 0 saturated heterocycles. The van der Waals surface area contributed by atoms with E-state index in [-0.39, 0.29) is 0 Å². The molecule has 2 heterocycles. The molecule has 0 aliphatic carbocycles. The summed E-state index contributed by atoms with van der Waals surface area (Å²) in [6, 6.07) is 13.8. The van der Waals surface area contributed by atoms with Gasteiger partial charge in [0, 0.05) is 5.56 Å². The van der Waals surface area contributed by atoms with Crippen LogP contribution in [0, 0.1) is 0 Å². The molecule has 0 radical (unpaired) electrons. The fraction of sp³-hybridized carbons (Fsp3) is 0.0667. The average Bonchev–Trinajstić information content (AvgIpc) is 3.06. The van der Waals surface area contributed by atoms with E-state index >= 15 is 0 Å². The van der Waals surface area contributed by atoms with Gasteiger partial charge in [-0.05, 0) is 30.3 Å². The Morgan fingerprint density at radius 1 is 1.14 bits per heavy atom. The molecule has 4 aromatic rings. The van der Waals surface area contributed by atoms with E-state index in [9.17, 15) is 0 Å². The van der Waals surface area contributed by atoms with E-state index in [0.29, 0.717) is 11.4 Å². The Bertz CT molecular complexity index is 957. The summed E-state index contributed by atoms with van der Waals surface area (Å²) < 4.78 is 8.44. The van der Waals surface area contributed by atoms with E-state index in [0.717, 1.165) is 21.9 Å². The van der Waals surface area contributed by atoms with Gasteiger partial charge in [0.25, 0.3) is 0 Å². The monoisotopic (exact) mass is 296 g/mol. The van der Waals surface area contributed by atoms with E-state index in [2.05, 4.69) is 26.7 Å². The van der Waals surface area contributed by atoms with Crippen LogP contribution in [0.25, 0.3) is 26.6 Å². The molecule has 0 spiro atoms. The normalized spacial score (nSPS) is 11.3. The van der Waals surface area contributed by atoms with Gasteiger partial charge in [0.1, 0.15) is 5.75 Å². The van der Waals surface area contributed by atoms with Crippen LogP contribution in [0.4, 0.5) is 5.69 Å². The lowest BCUT2D eigenvalue weighted by Crippen LogP contribution is -1.94. The largest absolute Gasteiger partial charge is 0.495 e. The molecule has 0 bridgehead atoms. The predicted molar refractivity (Wildman–Crippen MR) is 84.8 cm³/mol. The van der Waals surface area contributed by atoms with Crippen molar-refractivity contribution in [1.29, 1.82) is 0 Å². The van der Waals surface area contributed by atoms with Gasteiger partial charge in [0.2, 0.25) is 4.96 Å². The van der Waals surface area contributed by atoms with E-state index < -0.39 is 0 Å². The number of fused-ring (bicyclic) bond motifs is 3. The third kappa shape index (κ3) is 1.76. The highest BCUT2D eigenvalue weighted by atomic mass is 32.1. The predicted octanol–water partition coefficient (Wildman–Crippen LogP) is 3.20. The van der Waals surface area contributed by atoms with Crippen LogP contribution in [0.3, 0.4) is 0 Å². The molecule has 5 nitrogen and oxygen atoms in total. The zero-order chi connectivity index (χ0) is 14.4. The lowest BCUT2D eigenvalue weighted by atomic mass is 10.1. The second-order valence-electron chi connectivity index (χ2n) is 4.67. The Morgan fingerprint density at radius 2 is 2.00 bits per heavy atom. The number of benzene rings is 2. The first-order valence-corrected chi connectivity index (χ1v) is 7.26. The highest BCUT2D eigenvalue weighted by Crippen LogP contribution is 2.32. The van der Waals surface area contributed by atoms with Crippen molar-refractivity contribution in [3.8, 4) is 17.1 Å². The number of methoxy groups -OCH3 is 1. The van der Waals surface area contributed by atoms with E-state index in [1.165, 1.54) is 4.70 Å². The number of nitrogens with two attached hydrogens (primary N) is 1. The molecule has 4 rings (SSSR count). The summed E-state index contributed by atoms with van der Waals surface area (Å²) in [6.45, 7) is 0. The van der Waals surface area contributed by atoms with Gasteiger partial charge < -0.3 is 10.5 Å². The summed E-state index contributed by atoms with van der Waals surface area (Å²) in [5, 5.41) is 8.56. The molecule has 6 heteroatoms. The van der Waals surface area contributed by atoms with Crippen molar-refractivity contribution in [2.75, 3.05) is 12.8 Å². The third-order valence-corrected chi connectivity index (χ3v) is 4.44. The van der Waals surface area contributed by atoms with Gasteiger partial charge in [-0.3, -0.25) is 4.40 Å². The topological polar surface area (TPSA) is 65.4 Å². The minimum Gasteiger partial charge on any atom is -0.495 e. The van der Waals surface area contributed by atoms with E-state index in [1.54, 1.807) is 18.4 Å². The molecule has 2 aromatic heterocycles. The number of anilines is 1. The van der Waals surface area contributed by atoms with Crippen LogP contribution in [-0.4, -0.2) is 21.7 Å². The first kappa shape index (κ1) is 12.2. The third-order valence-electron chi connectivity index (χ3n) is 3.43. The van der Waals surface area contributed by atoms with Crippen LogP contribution >= 0.6 is 11.3 Å². The molecule has 104 valence electrons. The minimum atomic E-state index is 0.589. The Kier molecular flexibility index (Phi) is 2.58. The van der Waals surface area contributed by atoms with Crippen molar-refractivity contribution in [2.24, 2.45) is 0 Å². The Morgan fingerprint density at radius 3 is 2.81 bits per heavy atom. The van der Waals surface area contributed by atoms with Crippen molar-refractivity contribution >= 4 is 32.2 Å². The fourth-order valence-electron chi connectivity index (χ4n) is 2.44. The summed E-state index contributed by atoms with van der Waals surface area (Å²) in [5.41, 5.74) is 8.60. The number of hydrogen-bond donors (Lipinski definition) is 1. The van der Waals surface area contributed by atoms with Crippen LogP contribution in [0.1, 0.15) is 0 Å². The molecule has 0 unspecified atom stereocenters. The number of hydrogen-bond acceptors (Lipinski definition) is 5. The van der Waals surface area contributed by atoms with Crippen LogP contribution in [0.2, 0.25) is 0 Å². The number of para-hydroxylation sites is 1. The number of nitrogen functional groups attached to an aromatic ring is 1. The lowest BCUT2D eigenvalue weighted by Gasteiger charge is -2.06. The van der Waals surface area contributed by atoms with Crippen molar-refractivity contribution in [1.82, 2.24) is 14.6 Å². The maximum atomic E-state index is 5.99. The maximum absolute atomic E-state index is 5.99. The summed E-state index contributed by atoms with van der Waals surface area (Å²) >= 11 is 1.62. The second-order valence-corrected chi connectivity index (χ2v) is 5.68. The molecule has 21 heavy (non-hydrogen) atoms. The summed E-state index contributed by atoms with van der Waals surface area (Å²) in [5.74, 6) is 1.45. The molecule has 0 amide bonds. The number of thiazole rings is 1. The van der Waals surface area contributed by atoms with Gasteiger partial charge in [-0.25, -0.2) is 0 Å². The lowest BCUT2D eigenvalue weighted by molar-refractivity contribution is 0.417. The highest BCUT2D eigenvalue weighted by molar-refractivity contribution is 7.23. The van der Waals surface area contributed by atoms with Crippen LogP contribution in [0.5, 0.6) is 5.75 Å². The summed E-state index contributed by atoms with van der Waals surface area (Å²) in [7, 11) is 1.60. The SMILES string of the molecule is COc1ccc(-c2nnc3sc4ccccc4n23)cc1N. The van der Waals surface area contributed by atoms with Crippen LogP contribution in [-0.2, 0) is 0 Å².